The molecule has 5 nitrogen and oxygen atoms in total. The number of fused-ring (bicyclic) bond motifs is 6. The molecule has 2 aliphatic heterocycles. The lowest BCUT2D eigenvalue weighted by Gasteiger charge is -2.36. The molecule has 4 aromatic rings. The van der Waals surface area contributed by atoms with Crippen LogP contribution in [-0.2, 0) is 10.3 Å². The third-order valence-electron chi connectivity index (χ3n) is 8.62. The van der Waals surface area contributed by atoms with Gasteiger partial charge in [-0.1, -0.05) is 93.6 Å². The summed E-state index contributed by atoms with van der Waals surface area (Å²) >= 11 is 7.20. The molecule has 0 radical (unpaired) electrons. The Balaban J connectivity index is 1.40. The third-order valence-corrected chi connectivity index (χ3v) is 9.00. The number of hydrogen-bond donors (Lipinski definition) is 1. The zero-order valence-corrected chi connectivity index (χ0v) is 26.0. The lowest BCUT2D eigenvalue weighted by Crippen LogP contribution is -2.33. The van der Waals surface area contributed by atoms with Crippen molar-refractivity contribution in [1.82, 2.24) is 0 Å². The van der Waals surface area contributed by atoms with E-state index in [9.17, 15) is 4.79 Å². The second-order valence-corrected chi connectivity index (χ2v) is 11.9. The number of benzene rings is 4. The summed E-state index contributed by atoms with van der Waals surface area (Å²) in [5.74, 6) is 0.996. The van der Waals surface area contributed by atoms with Crippen molar-refractivity contribution in [2.75, 3.05) is 23.3 Å². The molecule has 0 saturated carbocycles. The van der Waals surface area contributed by atoms with Gasteiger partial charge in [0.2, 0.25) is 0 Å². The Bertz CT molecular complexity index is 1640. The molecule has 1 atom stereocenters. The number of esters is 1. The lowest BCUT2D eigenvalue weighted by atomic mass is 9.77. The average Bonchev–Trinajstić information content (AvgIpc) is 3.32. The van der Waals surface area contributed by atoms with Gasteiger partial charge >= 0.3 is 5.97 Å². The molecule has 2 heterocycles. The second kappa shape index (κ2) is 12.3. The van der Waals surface area contributed by atoms with Gasteiger partial charge in [-0.2, -0.15) is 0 Å². The van der Waals surface area contributed by atoms with Crippen molar-refractivity contribution >= 4 is 34.6 Å². The Morgan fingerprint density at radius 2 is 1.47 bits per heavy atom. The fourth-order valence-corrected chi connectivity index (χ4v) is 6.74. The third kappa shape index (κ3) is 5.25. The Morgan fingerprint density at radius 1 is 0.791 bits per heavy atom. The highest BCUT2D eigenvalue weighted by atomic mass is 35.5. The van der Waals surface area contributed by atoms with E-state index in [1.54, 1.807) is 0 Å². The molecule has 1 unspecified atom stereocenters. The molecule has 222 valence electrons. The number of rotatable bonds is 11. The molecule has 0 bridgehead atoms. The van der Waals surface area contributed by atoms with Gasteiger partial charge in [-0.25, -0.2) is 4.79 Å². The highest BCUT2D eigenvalue weighted by Gasteiger charge is 2.53. The molecule has 4 aromatic carbocycles. The first-order chi connectivity index (χ1) is 21.0. The van der Waals surface area contributed by atoms with Crippen LogP contribution in [0.4, 0.5) is 17.1 Å². The standard InChI is InChI=1S/C37H39ClN2O3/c1-4-6-12-22-40(23-13-7-5-2)31-20-18-25(3)35(34(31)38)39-26-19-21-33-30(24-26)37(29-16-10-11-17-32(29)42-33)28-15-9-8-14-27(28)36(41)43-37/h8-11,14-21,24,39H,4-7,12-13,22-23H2,1-3H3. The highest BCUT2D eigenvalue weighted by Crippen LogP contribution is 2.56. The molecule has 6 heteroatoms. The van der Waals surface area contributed by atoms with Crippen molar-refractivity contribution in [2.24, 2.45) is 0 Å². The first-order valence-corrected chi connectivity index (χ1v) is 15.9. The van der Waals surface area contributed by atoms with Crippen molar-refractivity contribution < 1.29 is 14.3 Å². The largest absolute Gasteiger partial charge is 0.456 e. The molecule has 0 fully saturated rings. The molecule has 2 aliphatic rings. The quantitative estimate of drug-likeness (QED) is 0.138. The predicted molar refractivity (Wildman–Crippen MR) is 175 cm³/mol. The van der Waals surface area contributed by atoms with Gasteiger partial charge in [0, 0.05) is 35.5 Å². The Kier molecular flexibility index (Phi) is 8.36. The van der Waals surface area contributed by atoms with Crippen molar-refractivity contribution in [2.45, 2.75) is 64.9 Å². The number of anilines is 3. The summed E-state index contributed by atoms with van der Waals surface area (Å²) in [5, 5.41) is 4.35. The van der Waals surface area contributed by atoms with Crippen LogP contribution in [0.15, 0.2) is 78.9 Å². The lowest BCUT2D eigenvalue weighted by molar-refractivity contribution is 0.0224. The fourth-order valence-electron chi connectivity index (χ4n) is 6.36. The zero-order valence-electron chi connectivity index (χ0n) is 25.2. The normalized spacial score (nSPS) is 16.2. The van der Waals surface area contributed by atoms with Crippen molar-refractivity contribution in [3.05, 3.63) is 112 Å². The minimum atomic E-state index is -1.11. The molecular formula is C37H39ClN2O3. The summed E-state index contributed by atoms with van der Waals surface area (Å²) < 4.78 is 12.7. The molecule has 0 amide bonds. The monoisotopic (exact) mass is 594 g/mol. The van der Waals surface area contributed by atoms with Gasteiger partial charge in [0.15, 0.2) is 5.60 Å². The van der Waals surface area contributed by atoms with Crippen LogP contribution in [0, 0.1) is 6.92 Å². The average molecular weight is 595 g/mol. The number of aryl methyl sites for hydroxylation is 1. The van der Waals surface area contributed by atoms with Crippen molar-refractivity contribution in [1.29, 1.82) is 0 Å². The van der Waals surface area contributed by atoms with Crippen LogP contribution in [0.3, 0.4) is 0 Å². The SMILES string of the molecule is CCCCCN(CCCCC)c1ccc(C)c(Nc2ccc3c(c2)C2(OC(=O)c4ccccc42)c2ccccc2O3)c1Cl. The molecular weight excluding hydrogens is 556 g/mol. The molecule has 1 spiro atoms. The van der Waals surface area contributed by atoms with Crippen LogP contribution in [0.25, 0.3) is 0 Å². The van der Waals surface area contributed by atoms with Crippen molar-refractivity contribution in [3.8, 4) is 11.5 Å². The van der Waals surface area contributed by atoms with Crippen LogP contribution in [0.5, 0.6) is 11.5 Å². The highest BCUT2D eigenvalue weighted by molar-refractivity contribution is 6.36. The summed E-state index contributed by atoms with van der Waals surface area (Å²) in [4.78, 5) is 15.7. The van der Waals surface area contributed by atoms with Gasteiger partial charge in [-0.3, -0.25) is 0 Å². The van der Waals surface area contributed by atoms with Crippen molar-refractivity contribution in [3.63, 3.8) is 0 Å². The van der Waals surface area contributed by atoms with Gasteiger partial charge in [0.25, 0.3) is 0 Å². The van der Waals surface area contributed by atoms with Crippen LogP contribution in [0.2, 0.25) is 5.02 Å². The molecule has 43 heavy (non-hydrogen) atoms. The number of para-hydroxylation sites is 1. The maximum atomic E-state index is 13.2. The van der Waals surface area contributed by atoms with Gasteiger partial charge in [-0.15, -0.1) is 0 Å². The van der Waals surface area contributed by atoms with Gasteiger partial charge in [-0.05, 0) is 61.7 Å². The van der Waals surface area contributed by atoms with E-state index >= 15 is 0 Å². The number of nitrogens with one attached hydrogen (secondary N) is 1. The smallest absolute Gasteiger partial charge is 0.340 e. The fraction of sp³-hybridized carbons (Fsp3) is 0.324. The molecule has 0 saturated heterocycles. The number of hydrogen-bond acceptors (Lipinski definition) is 5. The van der Waals surface area contributed by atoms with Crippen LogP contribution in [0.1, 0.15) is 85.0 Å². The molecule has 1 N–H and O–H groups in total. The number of carbonyl (C=O) groups excluding carboxylic acids is 1. The molecule has 0 aromatic heterocycles. The van der Waals surface area contributed by atoms with E-state index in [2.05, 4.69) is 43.1 Å². The van der Waals surface area contributed by atoms with E-state index in [0.717, 1.165) is 70.3 Å². The van der Waals surface area contributed by atoms with E-state index in [0.29, 0.717) is 17.1 Å². The minimum absolute atomic E-state index is 0.338. The molecule has 6 rings (SSSR count). The van der Waals surface area contributed by atoms with E-state index in [-0.39, 0.29) is 5.97 Å². The Morgan fingerprint density at radius 3 is 2.21 bits per heavy atom. The zero-order chi connectivity index (χ0) is 30.0. The maximum absolute atomic E-state index is 13.2. The predicted octanol–water partition coefficient (Wildman–Crippen LogP) is 10.1. The van der Waals surface area contributed by atoms with E-state index in [4.69, 9.17) is 21.1 Å². The van der Waals surface area contributed by atoms with Gasteiger partial charge < -0.3 is 19.7 Å². The number of unbranched alkanes of at least 4 members (excludes halogenated alkanes) is 4. The number of carbonyl (C=O) groups is 1. The van der Waals surface area contributed by atoms with E-state index < -0.39 is 5.60 Å². The summed E-state index contributed by atoms with van der Waals surface area (Å²) in [5.41, 5.74) is 5.71. The minimum Gasteiger partial charge on any atom is -0.456 e. The number of nitrogens with zero attached hydrogens (tertiary/aromatic N) is 1. The second-order valence-electron chi connectivity index (χ2n) is 11.5. The number of ether oxygens (including phenoxy) is 2. The maximum Gasteiger partial charge on any atom is 0.340 e. The van der Waals surface area contributed by atoms with Gasteiger partial charge in [0.05, 0.1) is 22.0 Å². The Hall–Kier alpha value is -3.96. The summed E-state index contributed by atoms with van der Waals surface area (Å²) in [7, 11) is 0. The van der Waals surface area contributed by atoms with E-state index in [1.165, 1.54) is 25.7 Å². The van der Waals surface area contributed by atoms with Crippen LogP contribution < -0.4 is 15.0 Å². The summed E-state index contributed by atoms with van der Waals surface area (Å²) in [6.45, 7) is 8.52. The van der Waals surface area contributed by atoms with E-state index in [1.807, 2.05) is 66.7 Å². The first-order valence-electron chi connectivity index (χ1n) is 15.5. The Labute approximate surface area is 259 Å². The van der Waals surface area contributed by atoms with Crippen LogP contribution >= 0.6 is 11.6 Å². The first kappa shape index (κ1) is 29.1. The van der Waals surface area contributed by atoms with Gasteiger partial charge in [0.1, 0.15) is 11.5 Å². The van der Waals surface area contributed by atoms with Crippen LogP contribution in [-0.4, -0.2) is 19.1 Å². The number of halogens is 1. The summed E-state index contributed by atoms with van der Waals surface area (Å²) in [6.07, 6.45) is 7.06. The topological polar surface area (TPSA) is 50.8 Å². The summed E-state index contributed by atoms with van der Waals surface area (Å²) in [6, 6.07) is 25.7. The molecule has 0 aliphatic carbocycles.